The van der Waals surface area contributed by atoms with Gasteiger partial charge in [-0.25, -0.2) is 8.42 Å². The molecule has 2 rings (SSSR count). The number of nitrogens with one attached hydrogen (secondary N) is 1. The van der Waals surface area contributed by atoms with Crippen LogP contribution < -0.4 is 5.32 Å². The summed E-state index contributed by atoms with van der Waals surface area (Å²) in [4.78, 5) is 4.10. The highest BCUT2D eigenvalue weighted by atomic mass is 32.2. The molecule has 0 aliphatic heterocycles. The minimum atomic E-state index is -3.17. The first-order chi connectivity index (χ1) is 7.97. The van der Waals surface area contributed by atoms with Gasteiger partial charge in [0.15, 0.2) is 15.7 Å². The maximum absolute atomic E-state index is 11.3. The van der Waals surface area contributed by atoms with E-state index in [1.54, 1.807) is 6.92 Å². The predicted molar refractivity (Wildman–Crippen MR) is 62.3 cm³/mol. The Morgan fingerprint density at radius 2 is 2.24 bits per heavy atom. The van der Waals surface area contributed by atoms with Gasteiger partial charge in [-0.15, -0.1) is 0 Å². The second-order valence-corrected chi connectivity index (χ2v) is 6.86. The molecular formula is C10H17N3O3S. The quantitative estimate of drug-likeness (QED) is 0.799. The number of hydrogen-bond donors (Lipinski definition) is 1. The Morgan fingerprint density at radius 3 is 2.82 bits per heavy atom. The van der Waals surface area contributed by atoms with Gasteiger partial charge >= 0.3 is 0 Å². The molecule has 1 N–H and O–H groups in total. The van der Waals surface area contributed by atoms with E-state index in [4.69, 9.17) is 4.52 Å². The minimum Gasteiger partial charge on any atom is -0.339 e. The Hall–Kier alpha value is -0.950. The molecular weight excluding hydrogens is 242 g/mol. The average Bonchev–Trinajstić information content (AvgIpc) is 2.93. The summed E-state index contributed by atoms with van der Waals surface area (Å²) in [7, 11) is -3.17. The largest absolute Gasteiger partial charge is 0.339 e. The van der Waals surface area contributed by atoms with Crippen molar-refractivity contribution < 1.29 is 12.9 Å². The van der Waals surface area contributed by atoms with E-state index in [1.807, 2.05) is 0 Å². The van der Waals surface area contributed by atoms with Crippen LogP contribution in [0.3, 0.4) is 0 Å². The Morgan fingerprint density at radius 1 is 1.53 bits per heavy atom. The lowest BCUT2D eigenvalue weighted by Crippen LogP contribution is -2.19. The highest BCUT2D eigenvalue weighted by molar-refractivity contribution is 7.90. The Balaban J connectivity index is 1.90. The van der Waals surface area contributed by atoms with Crippen LogP contribution in [-0.4, -0.2) is 37.4 Å². The van der Waals surface area contributed by atoms with Gasteiger partial charge in [-0.05, 0) is 19.8 Å². The molecule has 17 heavy (non-hydrogen) atoms. The van der Waals surface area contributed by atoms with Gasteiger partial charge in [0.2, 0.25) is 5.89 Å². The Labute approximate surface area is 101 Å². The van der Waals surface area contributed by atoms with Crippen molar-refractivity contribution in [2.24, 2.45) is 0 Å². The first kappa shape index (κ1) is 12.5. The zero-order chi connectivity index (χ0) is 12.5. The highest BCUT2D eigenvalue weighted by Gasteiger charge is 2.23. The molecule has 6 nitrogen and oxygen atoms in total. The van der Waals surface area contributed by atoms with Crippen molar-refractivity contribution in [2.45, 2.75) is 37.5 Å². The van der Waals surface area contributed by atoms with Crippen LogP contribution in [0, 0.1) is 0 Å². The number of hydrogen-bond acceptors (Lipinski definition) is 6. The first-order valence-electron chi connectivity index (χ1n) is 5.71. The van der Waals surface area contributed by atoms with Crippen LogP contribution >= 0.6 is 0 Å². The van der Waals surface area contributed by atoms with Crippen LogP contribution in [0.25, 0.3) is 0 Å². The van der Waals surface area contributed by atoms with Crippen LogP contribution in [0.5, 0.6) is 0 Å². The van der Waals surface area contributed by atoms with Gasteiger partial charge in [0, 0.05) is 25.3 Å². The van der Waals surface area contributed by atoms with E-state index in [0.29, 0.717) is 18.4 Å². The van der Waals surface area contributed by atoms with E-state index < -0.39 is 15.1 Å². The maximum Gasteiger partial charge on any atom is 0.227 e. The number of rotatable bonds is 6. The summed E-state index contributed by atoms with van der Waals surface area (Å²) in [5.74, 6) is 0.734. The molecule has 1 aromatic heterocycles. The highest BCUT2D eigenvalue weighted by Crippen LogP contribution is 2.19. The van der Waals surface area contributed by atoms with Gasteiger partial charge < -0.3 is 9.84 Å². The van der Waals surface area contributed by atoms with E-state index in [9.17, 15) is 8.42 Å². The summed E-state index contributed by atoms with van der Waals surface area (Å²) in [6.45, 7) is 2.35. The molecule has 0 amide bonds. The lowest BCUT2D eigenvalue weighted by Gasteiger charge is -2.01. The molecule has 96 valence electrons. The van der Waals surface area contributed by atoms with Gasteiger partial charge in [-0.3, -0.25) is 0 Å². The number of sulfone groups is 1. The van der Waals surface area contributed by atoms with E-state index >= 15 is 0 Å². The standard InChI is InChI=1S/C10H17N3O3S/c1-7(17(2,14)15)10-12-9(16-13-10)5-6-11-8-3-4-8/h7-8,11H,3-6H2,1-2H3. The fourth-order valence-electron chi connectivity index (χ4n) is 1.40. The van der Waals surface area contributed by atoms with Crippen molar-refractivity contribution in [3.8, 4) is 0 Å². The summed E-state index contributed by atoms with van der Waals surface area (Å²) in [6, 6.07) is 0.646. The van der Waals surface area contributed by atoms with Crippen molar-refractivity contribution in [3.63, 3.8) is 0 Å². The number of nitrogens with zero attached hydrogens (tertiary/aromatic N) is 2. The fraction of sp³-hybridized carbons (Fsp3) is 0.800. The molecule has 1 fully saturated rings. The molecule has 1 saturated carbocycles. The molecule has 0 bridgehead atoms. The average molecular weight is 259 g/mol. The molecule has 0 aromatic carbocycles. The van der Waals surface area contributed by atoms with Gasteiger partial charge in [-0.2, -0.15) is 4.98 Å². The van der Waals surface area contributed by atoms with Crippen molar-refractivity contribution in [1.29, 1.82) is 0 Å². The normalized spacial score (nSPS) is 18.2. The molecule has 1 aliphatic carbocycles. The lowest BCUT2D eigenvalue weighted by atomic mass is 10.4. The smallest absolute Gasteiger partial charge is 0.227 e. The molecule has 1 aromatic rings. The molecule has 0 radical (unpaired) electrons. The molecule has 1 aliphatic rings. The molecule has 1 unspecified atom stereocenters. The second kappa shape index (κ2) is 4.73. The summed E-state index contributed by atoms with van der Waals surface area (Å²) in [6.07, 6.45) is 4.28. The van der Waals surface area contributed by atoms with Crippen LogP contribution in [0.15, 0.2) is 4.52 Å². The minimum absolute atomic E-state index is 0.244. The topological polar surface area (TPSA) is 85.1 Å². The molecule has 0 saturated heterocycles. The van der Waals surface area contributed by atoms with Crippen LogP contribution in [0.1, 0.15) is 36.7 Å². The van der Waals surface area contributed by atoms with E-state index in [-0.39, 0.29) is 5.82 Å². The molecule has 1 heterocycles. The third-order valence-electron chi connectivity index (χ3n) is 2.84. The van der Waals surface area contributed by atoms with Gasteiger partial charge in [0.25, 0.3) is 0 Å². The van der Waals surface area contributed by atoms with Crippen molar-refractivity contribution >= 4 is 9.84 Å². The summed E-state index contributed by atoms with van der Waals surface area (Å²) in [5, 5.41) is 6.32. The summed E-state index contributed by atoms with van der Waals surface area (Å²) in [5.41, 5.74) is 0. The zero-order valence-electron chi connectivity index (χ0n) is 10.0. The van der Waals surface area contributed by atoms with Crippen LogP contribution in [0.2, 0.25) is 0 Å². The third-order valence-corrected chi connectivity index (χ3v) is 4.33. The van der Waals surface area contributed by atoms with Crippen LogP contribution in [0.4, 0.5) is 0 Å². The van der Waals surface area contributed by atoms with Gasteiger partial charge in [0.1, 0.15) is 5.25 Å². The second-order valence-electron chi connectivity index (χ2n) is 4.50. The number of aromatic nitrogens is 2. The molecule has 1 atom stereocenters. The Bertz CT molecular complexity index is 479. The van der Waals surface area contributed by atoms with Gasteiger partial charge in [0.05, 0.1) is 0 Å². The first-order valence-corrected chi connectivity index (χ1v) is 7.67. The van der Waals surface area contributed by atoms with Crippen molar-refractivity contribution in [2.75, 3.05) is 12.8 Å². The maximum atomic E-state index is 11.3. The third kappa shape index (κ3) is 3.50. The van der Waals surface area contributed by atoms with E-state index in [1.165, 1.54) is 19.1 Å². The van der Waals surface area contributed by atoms with E-state index in [2.05, 4.69) is 15.5 Å². The van der Waals surface area contributed by atoms with Crippen LogP contribution in [-0.2, 0) is 16.3 Å². The molecule has 7 heteroatoms. The SMILES string of the molecule is CC(c1noc(CCNC2CC2)n1)S(C)(=O)=O. The van der Waals surface area contributed by atoms with E-state index in [0.717, 1.165) is 6.54 Å². The lowest BCUT2D eigenvalue weighted by molar-refractivity contribution is 0.370. The zero-order valence-corrected chi connectivity index (χ0v) is 10.8. The Kier molecular flexibility index (Phi) is 3.48. The van der Waals surface area contributed by atoms with Gasteiger partial charge in [-0.1, -0.05) is 5.16 Å². The molecule has 0 spiro atoms. The summed E-state index contributed by atoms with van der Waals surface area (Å²) < 4.78 is 27.7. The van der Waals surface area contributed by atoms with Crippen molar-refractivity contribution in [3.05, 3.63) is 11.7 Å². The monoisotopic (exact) mass is 259 g/mol. The van der Waals surface area contributed by atoms with Crippen molar-refractivity contribution in [1.82, 2.24) is 15.5 Å². The predicted octanol–water partition coefficient (Wildman–Crippen LogP) is 0.470. The fourth-order valence-corrected chi connectivity index (χ4v) is 1.88. The summed E-state index contributed by atoms with van der Waals surface area (Å²) >= 11 is 0.